The van der Waals surface area contributed by atoms with Crippen molar-refractivity contribution in [2.24, 2.45) is 5.92 Å². The van der Waals surface area contributed by atoms with Gasteiger partial charge in [0, 0.05) is 18.2 Å². The van der Waals surface area contributed by atoms with Crippen LogP contribution in [0.2, 0.25) is 0 Å². The maximum atomic E-state index is 13.4. The second-order valence-corrected chi connectivity index (χ2v) is 7.28. The van der Waals surface area contributed by atoms with Crippen molar-refractivity contribution in [2.75, 3.05) is 18.8 Å². The Kier molecular flexibility index (Phi) is 5.66. The summed E-state index contributed by atoms with van der Waals surface area (Å²) in [7, 11) is -3.44. The first-order valence-corrected chi connectivity index (χ1v) is 8.73. The van der Waals surface area contributed by atoms with Gasteiger partial charge in [-0.1, -0.05) is 6.07 Å². The molecule has 2 N–H and O–H groups in total. The number of hydrogen-bond acceptors (Lipinski definition) is 3. The normalized spacial score (nSPS) is 17.0. The van der Waals surface area contributed by atoms with E-state index in [9.17, 15) is 17.2 Å². The van der Waals surface area contributed by atoms with Crippen molar-refractivity contribution in [2.45, 2.75) is 25.8 Å². The maximum Gasteiger partial charge on any atom is 0.211 e. The lowest BCUT2D eigenvalue weighted by Crippen LogP contribution is -2.31. The van der Waals surface area contributed by atoms with E-state index in [0.29, 0.717) is 12.3 Å². The zero-order valence-corrected chi connectivity index (χ0v) is 12.6. The van der Waals surface area contributed by atoms with Gasteiger partial charge in [-0.15, -0.1) is 0 Å². The topological polar surface area (TPSA) is 58.2 Å². The average Bonchev–Trinajstić information content (AvgIpc) is 2.45. The van der Waals surface area contributed by atoms with Gasteiger partial charge in [0.15, 0.2) is 0 Å². The van der Waals surface area contributed by atoms with Crippen molar-refractivity contribution in [3.05, 3.63) is 35.4 Å². The van der Waals surface area contributed by atoms with Gasteiger partial charge in [0.25, 0.3) is 0 Å². The lowest BCUT2D eigenvalue weighted by atomic mass is 9.96. The Labute approximate surface area is 124 Å². The molecule has 2 rings (SSSR count). The van der Waals surface area contributed by atoms with Gasteiger partial charge in [0.05, 0.1) is 5.75 Å². The summed E-state index contributed by atoms with van der Waals surface area (Å²) in [6.45, 7) is 1.71. The molecule has 0 atom stereocenters. The third-order valence-corrected chi connectivity index (χ3v) is 5.11. The number of piperidine rings is 1. The highest BCUT2D eigenvalue weighted by Gasteiger charge is 2.18. The molecule has 1 fully saturated rings. The highest BCUT2D eigenvalue weighted by molar-refractivity contribution is 7.89. The largest absolute Gasteiger partial charge is 0.317 e. The van der Waals surface area contributed by atoms with E-state index in [0.717, 1.165) is 38.1 Å². The molecule has 0 saturated carbocycles. The van der Waals surface area contributed by atoms with E-state index in [4.69, 9.17) is 0 Å². The molecule has 0 aliphatic carbocycles. The molecule has 0 amide bonds. The van der Waals surface area contributed by atoms with E-state index in [1.165, 1.54) is 6.07 Å². The summed E-state index contributed by atoms with van der Waals surface area (Å²) in [4.78, 5) is 0. The molecule has 0 radical (unpaired) electrons. The van der Waals surface area contributed by atoms with Crippen LogP contribution in [0.4, 0.5) is 8.78 Å². The molecular weight excluding hydrogens is 298 g/mol. The zero-order chi connectivity index (χ0) is 15.3. The van der Waals surface area contributed by atoms with Crippen LogP contribution in [0.15, 0.2) is 18.2 Å². The van der Waals surface area contributed by atoms with E-state index in [1.807, 2.05) is 0 Å². The Hall–Kier alpha value is -1.05. The Morgan fingerprint density at radius 2 is 1.95 bits per heavy atom. The summed E-state index contributed by atoms with van der Waals surface area (Å²) in [6.07, 6.45) is 2.59. The third kappa shape index (κ3) is 5.33. The van der Waals surface area contributed by atoms with E-state index < -0.39 is 21.7 Å². The Morgan fingerprint density at radius 1 is 1.24 bits per heavy atom. The van der Waals surface area contributed by atoms with Gasteiger partial charge in [-0.2, -0.15) is 0 Å². The van der Waals surface area contributed by atoms with Crippen molar-refractivity contribution in [3.8, 4) is 0 Å². The lowest BCUT2D eigenvalue weighted by molar-refractivity contribution is 0.365. The van der Waals surface area contributed by atoms with Gasteiger partial charge in [0.2, 0.25) is 10.0 Å². The standard InChI is InChI=1S/C14H20F2N2O2S/c15-13-2-1-12(14(16)9-13)10-18-21(19,20)8-5-11-3-6-17-7-4-11/h1-2,9,11,17-18H,3-8,10H2. The third-order valence-electron chi connectivity index (χ3n) is 3.75. The summed E-state index contributed by atoms with van der Waals surface area (Å²) in [5.74, 6) is -0.952. The molecule has 1 heterocycles. The SMILES string of the molecule is O=S(=O)(CCC1CCNCC1)NCc1ccc(F)cc1F. The Balaban J connectivity index is 1.83. The summed E-state index contributed by atoms with van der Waals surface area (Å²) >= 11 is 0. The molecule has 0 aromatic heterocycles. The fourth-order valence-electron chi connectivity index (χ4n) is 2.42. The zero-order valence-electron chi connectivity index (χ0n) is 11.7. The van der Waals surface area contributed by atoms with Crippen LogP contribution in [-0.4, -0.2) is 27.3 Å². The monoisotopic (exact) mass is 318 g/mol. The molecular formula is C14H20F2N2O2S. The number of sulfonamides is 1. The number of halogens is 2. The van der Waals surface area contributed by atoms with Gasteiger partial charge in [-0.05, 0) is 44.3 Å². The molecule has 118 valence electrons. The first-order valence-electron chi connectivity index (χ1n) is 7.08. The lowest BCUT2D eigenvalue weighted by Gasteiger charge is -2.22. The van der Waals surface area contributed by atoms with Crippen molar-refractivity contribution in [1.82, 2.24) is 10.0 Å². The van der Waals surface area contributed by atoms with Crippen LogP contribution >= 0.6 is 0 Å². The fraction of sp³-hybridized carbons (Fsp3) is 0.571. The van der Waals surface area contributed by atoms with Crippen LogP contribution in [0.1, 0.15) is 24.8 Å². The molecule has 1 aromatic rings. The van der Waals surface area contributed by atoms with Crippen LogP contribution in [0, 0.1) is 17.6 Å². The van der Waals surface area contributed by atoms with Crippen molar-refractivity contribution in [3.63, 3.8) is 0 Å². The summed E-state index contributed by atoms with van der Waals surface area (Å²) in [5.41, 5.74) is 0.141. The minimum absolute atomic E-state index is 0.0421. The molecule has 1 aromatic carbocycles. The summed E-state index contributed by atoms with van der Waals surface area (Å²) in [5, 5.41) is 3.23. The predicted molar refractivity (Wildman–Crippen MR) is 77.2 cm³/mol. The van der Waals surface area contributed by atoms with Crippen molar-refractivity contribution >= 4 is 10.0 Å². The fourth-order valence-corrected chi connectivity index (χ4v) is 3.58. The van der Waals surface area contributed by atoms with E-state index >= 15 is 0 Å². The molecule has 1 saturated heterocycles. The van der Waals surface area contributed by atoms with E-state index in [2.05, 4.69) is 10.0 Å². The van der Waals surface area contributed by atoms with Gasteiger partial charge >= 0.3 is 0 Å². The van der Waals surface area contributed by atoms with Gasteiger partial charge in [0.1, 0.15) is 11.6 Å². The first-order chi connectivity index (χ1) is 9.96. The van der Waals surface area contributed by atoms with Crippen LogP contribution < -0.4 is 10.0 Å². The maximum absolute atomic E-state index is 13.4. The summed E-state index contributed by atoms with van der Waals surface area (Å²) in [6, 6.07) is 3.11. The second kappa shape index (κ2) is 7.29. The van der Waals surface area contributed by atoms with Gasteiger partial charge in [-0.25, -0.2) is 21.9 Å². The van der Waals surface area contributed by atoms with Crippen LogP contribution in [0.3, 0.4) is 0 Å². The highest BCUT2D eigenvalue weighted by atomic mass is 32.2. The summed E-state index contributed by atoms with van der Waals surface area (Å²) < 4.78 is 52.4. The van der Waals surface area contributed by atoms with E-state index in [1.54, 1.807) is 0 Å². The minimum atomic E-state index is -3.44. The van der Waals surface area contributed by atoms with Gasteiger partial charge < -0.3 is 5.32 Å². The average molecular weight is 318 g/mol. The molecule has 21 heavy (non-hydrogen) atoms. The smallest absolute Gasteiger partial charge is 0.211 e. The molecule has 4 nitrogen and oxygen atoms in total. The highest BCUT2D eigenvalue weighted by Crippen LogP contribution is 2.16. The molecule has 1 aliphatic heterocycles. The second-order valence-electron chi connectivity index (χ2n) is 5.36. The number of nitrogens with one attached hydrogen (secondary N) is 2. The molecule has 0 unspecified atom stereocenters. The molecule has 0 spiro atoms. The van der Waals surface area contributed by atoms with E-state index in [-0.39, 0.29) is 17.9 Å². The first kappa shape index (κ1) is 16.3. The minimum Gasteiger partial charge on any atom is -0.317 e. The number of benzene rings is 1. The van der Waals surface area contributed by atoms with Crippen LogP contribution in [0.25, 0.3) is 0 Å². The Bertz CT molecular complexity index is 572. The van der Waals surface area contributed by atoms with Crippen LogP contribution in [0.5, 0.6) is 0 Å². The number of hydrogen-bond donors (Lipinski definition) is 2. The quantitative estimate of drug-likeness (QED) is 0.840. The predicted octanol–water partition coefficient (Wildman–Crippen LogP) is 1.77. The van der Waals surface area contributed by atoms with Gasteiger partial charge in [-0.3, -0.25) is 0 Å². The molecule has 0 bridgehead atoms. The van der Waals surface area contributed by atoms with Crippen molar-refractivity contribution < 1.29 is 17.2 Å². The van der Waals surface area contributed by atoms with Crippen molar-refractivity contribution in [1.29, 1.82) is 0 Å². The molecule has 7 heteroatoms. The Morgan fingerprint density at radius 3 is 2.62 bits per heavy atom. The number of rotatable bonds is 6. The molecule has 1 aliphatic rings. The van der Waals surface area contributed by atoms with Crippen LogP contribution in [-0.2, 0) is 16.6 Å².